The molecule has 1 atom stereocenters. The van der Waals surface area contributed by atoms with Crippen LogP contribution in [-0.4, -0.2) is 56.2 Å². The van der Waals surface area contributed by atoms with Gasteiger partial charge in [0.1, 0.15) is 5.75 Å². The molecule has 0 bridgehead atoms. The van der Waals surface area contributed by atoms with Crippen LogP contribution in [0.2, 0.25) is 0 Å². The second-order valence-electron chi connectivity index (χ2n) is 6.43. The van der Waals surface area contributed by atoms with Crippen molar-refractivity contribution in [2.45, 2.75) is 31.7 Å². The first kappa shape index (κ1) is 14.7. The Morgan fingerprint density at radius 1 is 1.05 bits per heavy atom. The minimum atomic E-state index is 0.721. The lowest BCUT2D eigenvalue weighted by Crippen LogP contribution is -2.49. The molecule has 1 aromatic rings. The van der Waals surface area contributed by atoms with Crippen molar-refractivity contribution in [1.29, 1.82) is 0 Å². The van der Waals surface area contributed by atoms with Crippen molar-refractivity contribution < 1.29 is 4.74 Å². The molecule has 1 aromatic carbocycles. The highest BCUT2D eigenvalue weighted by molar-refractivity contribution is 5.57. The molecule has 3 rings (SSSR count). The van der Waals surface area contributed by atoms with Crippen LogP contribution >= 0.6 is 0 Å². The van der Waals surface area contributed by atoms with E-state index < -0.39 is 0 Å². The lowest BCUT2D eigenvalue weighted by atomic mass is 10.0. The summed E-state index contributed by atoms with van der Waals surface area (Å²) in [6.45, 7) is 4.82. The summed E-state index contributed by atoms with van der Waals surface area (Å²) in [7, 11) is 3.91. The van der Waals surface area contributed by atoms with Gasteiger partial charge in [-0.25, -0.2) is 0 Å². The normalized spacial score (nSPS) is 24.4. The minimum absolute atomic E-state index is 0.721. The Balaban J connectivity index is 1.70. The van der Waals surface area contributed by atoms with Crippen LogP contribution in [-0.2, 0) is 12.8 Å². The Kier molecular flexibility index (Phi) is 4.36. The third kappa shape index (κ3) is 3.16. The van der Waals surface area contributed by atoms with E-state index in [2.05, 4.69) is 29.0 Å². The molecular weight excluding hydrogens is 262 g/mol. The predicted octanol–water partition coefficient (Wildman–Crippen LogP) is 1.77. The Morgan fingerprint density at radius 2 is 1.67 bits per heavy atom. The molecule has 1 fully saturated rings. The van der Waals surface area contributed by atoms with Gasteiger partial charge in [-0.2, -0.15) is 0 Å². The lowest BCUT2D eigenvalue weighted by Gasteiger charge is -2.37. The molecule has 1 aliphatic carbocycles. The number of methoxy groups -OCH3 is 1. The molecule has 1 unspecified atom stereocenters. The Morgan fingerprint density at radius 3 is 2.29 bits per heavy atom. The van der Waals surface area contributed by atoms with E-state index in [9.17, 15) is 0 Å². The number of aryl methyl sites for hydroxylation is 2. The van der Waals surface area contributed by atoms with E-state index in [1.165, 1.54) is 50.1 Å². The molecule has 0 radical (unpaired) electrons. The molecule has 2 N–H and O–H groups in total. The van der Waals surface area contributed by atoms with Gasteiger partial charge in [0, 0.05) is 32.2 Å². The lowest BCUT2D eigenvalue weighted by molar-refractivity contribution is 0.104. The van der Waals surface area contributed by atoms with Gasteiger partial charge in [0.2, 0.25) is 0 Å². The fourth-order valence-electron chi connectivity index (χ4n) is 3.67. The zero-order valence-electron chi connectivity index (χ0n) is 13.3. The van der Waals surface area contributed by atoms with Gasteiger partial charge in [-0.3, -0.25) is 4.90 Å². The van der Waals surface area contributed by atoms with Crippen LogP contribution in [0, 0.1) is 0 Å². The largest absolute Gasteiger partial charge is 0.495 e. The summed E-state index contributed by atoms with van der Waals surface area (Å²) in [5, 5.41) is 0. The van der Waals surface area contributed by atoms with Gasteiger partial charge in [0.05, 0.1) is 12.8 Å². The standard InChI is InChI=1S/C17H27N3O/c1-19-7-9-20(10-8-19)15-5-3-13-11-16(18)17(21-2)12-14(13)4-6-15/h11-12,15H,3-10,18H2,1-2H3. The molecule has 0 aromatic heterocycles. The SMILES string of the molecule is COc1cc2c(cc1N)CCC(N1CCN(C)CC1)CC2. The summed E-state index contributed by atoms with van der Waals surface area (Å²) in [6.07, 6.45) is 4.79. The molecule has 0 amide bonds. The van der Waals surface area contributed by atoms with Gasteiger partial charge in [0.25, 0.3) is 0 Å². The smallest absolute Gasteiger partial charge is 0.142 e. The van der Waals surface area contributed by atoms with Crippen LogP contribution in [0.25, 0.3) is 0 Å². The van der Waals surface area contributed by atoms with Gasteiger partial charge in [0.15, 0.2) is 0 Å². The second kappa shape index (κ2) is 6.24. The van der Waals surface area contributed by atoms with E-state index in [4.69, 9.17) is 10.5 Å². The second-order valence-corrected chi connectivity index (χ2v) is 6.43. The Hall–Kier alpha value is -1.26. The number of hydrogen-bond donors (Lipinski definition) is 1. The van der Waals surface area contributed by atoms with Crippen molar-refractivity contribution in [2.75, 3.05) is 46.1 Å². The maximum absolute atomic E-state index is 6.06. The molecule has 0 saturated carbocycles. The number of anilines is 1. The van der Waals surface area contributed by atoms with Crippen molar-refractivity contribution in [2.24, 2.45) is 0 Å². The van der Waals surface area contributed by atoms with E-state index in [0.717, 1.165) is 30.3 Å². The van der Waals surface area contributed by atoms with Crippen molar-refractivity contribution in [1.82, 2.24) is 9.80 Å². The maximum atomic E-state index is 6.06. The molecule has 4 nitrogen and oxygen atoms in total. The highest BCUT2D eigenvalue weighted by atomic mass is 16.5. The first-order valence-corrected chi connectivity index (χ1v) is 8.05. The van der Waals surface area contributed by atoms with Gasteiger partial charge < -0.3 is 15.4 Å². The summed E-state index contributed by atoms with van der Waals surface area (Å²) >= 11 is 0. The molecule has 1 aliphatic heterocycles. The van der Waals surface area contributed by atoms with E-state index >= 15 is 0 Å². The molecule has 0 spiro atoms. The van der Waals surface area contributed by atoms with E-state index in [1.807, 2.05) is 0 Å². The summed E-state index contributed by atoms with van der Waals surface area (Å²) < 4.78 is 5.37. The fourth-order valence-corrected chi connectivity index (χ4v) is 3.67. The van der Waals surface area contributed by atoms with Crippen LogP contribution < -0.4 is 10.5 Å². The first-order chi connectivity index (χ1) is 10.2. The number of nitrogens with zero attached hydrogens (tertiary/aromatic N) is 2. The van der Waals surface area contributed by atoms with E-state index in [-0.39, 0.29) is 0 Å². The maximum Gasteiger partial charge on any atom is 0.142 e. The van der Waals surface area contributed by atoms with Gasteiger partial charge in [-0.1, -0.05) is 0 Å². The van der Waals surface area contributed by atoms with Crippen LogP contribution in [0.3, 0.4) is 0 Å². The van der Waals surface area contributed by atoms with Crippen molar-refractivity contribution in [3.8, 4) is 5.75 Å². The monoisotopic (exact) mass is 289 g/mol. The summed E-state index contributed by atoms with van der Waals surface area (Å²) in [6, 6.07) is 5.00. The molecular formula is C17H27N3O. The average molecular weight is 289 g/mol. The summed E-state index contributed by atoms with van der Waals surface area (Å²) in [4.78, 5) is 5.11. The highest BCUT2D eigenvalue weighted by Gasteiger charge is 2.25. The average Bonchev–Trinajstić information content (AvgIpc) is 2.69. The van der Waals surface area contributed by atoms with Crippen molar-refractivity contribution >= 4 is 5.69 Å². The number of nitrogens with two attached hydrogens (primary N) is 1. The Labute approximate surface area is 127 Å². The molecule has 2 aliphatic rings. The van der Waals surface area contributed by atoms with Gasteiger partial charge >= 0.3 is 0 Å². The van der Waals surface area contributed by atoms with Crippen molar-refractivity contribution in [3.05, 3.63) is 23.3 Å². The molecule has 21 heavy (non-hydrogen) atoms. The topological polar surface area (TPSA) is 41.7 Å². The first-order valence-electron chi connectivity index (χ1n) is 8.05. The zero-order valence-corrected chi connectivity index (χ0v) is 13.3. The Bertz CT molecular complexity index is 495. The van der Waals surface area contributed by atoms with Gasteiger partial charge in [-0.15, -0.1) is 0 Å². The van der Waals surface area contributed by atoms with Crippen molar-refractivity contribution in [3.63, 3.8) is 0 Å². The van der Waals surface area contributed by atoms with Crippen LogP contribution in [0.15, 0.2) is 12.1 Å². The molecule has 1 saturated heterocycles. The quantitative estimate of drug-likeness (QED) is 0.665. The number of ether oxygens (including phenoxy) is 1. The number of piperazine rings is 1. The van der Waals surface area contributed by atoms with Crippen LogP contribution in [0.4, 0.5) is 5.69 Å². The number of likely N-dealkylation sites (N-methyl/N-ethyl adjacent to an activating group) is 1. The number of rotatable bonds is 2. The summed E-state index contributed by atoms with van der Waals surface area (Å²) in [5.41, 5.74) is 9.68. The predicted molar refractivity (Wildman–Crippen MR) is 86.9 cm³/mol. The van der Waals surface area contributed by atoms with Gasteiger partial charge in [-0.05, 0) is 56.0 Å². The number of hydrogen-bond acceptors (Lipinski definition) is 4. The minimum Gasteiger partial charge on any atom is -0.495 e. The third-order valence-electron chi connectivity index (χ3n) is 5.10. The van der Waals surface area contributed by atoms with E-state index in [0.29, 0.717) is 0 Å². The van der Waals surface area contributed by atoms with Crippen LogP contribution in [0.5, 0.6) is 5.75 Å². The molecule has 4 heteroatoms. The fraction of sp³-hybridized carbons (Fsp3) is 0.647. The van der Waals surface area contributed by atoms with Crippen LogP contribution in [0.1, 0.15) is 24.0 Å². The highest BCUT2D eigenvalue weighted by Crippen LogP contribution is 2.31. The number of benzene rings is 1. The number of nitrogen functional groups attached to an aromatic ring is 1. The number of fused-ring (bicyclic) bond motifs is 1. The summed E-state index contributed by atoms with van der Waals surface area (Å²) in [5.74, 6) is 0.826. The third-order valence-corrected chi connectivity index (χ3v) is 5.10. The molecule has 1 heterocycles. The molecule has 116 valence electrons. The zero-order chi connectivity index (χ0) is 14.8. The van der Waals surface area contributed by atoms with E-state index in [1.54, 1.807) is 7.11 Å².